The van der Waals surface area contributed by atoms with Crippen molar-refractivity contribution in [1.29, 1.82) is 0 Å². The minimum Gasteiger partial charge on any atom is -0.346 e. The minimum absolute atomic E-state index is 0.180. The number of carbonyl (C=O) groups is 1. The Labute approximate surface area is 180 Å². The average Bonchev–Trinajstić information content (AvgIpc) is 2.71. The molecule has 1 saturated heterocycles. The maximum Gasteiger partial charge on any atom is 0.251 e. The molecule has 1 aliphatic heterocycles. The number of sulfonamides is 1. The van der Waals surface area contributed by atoms with Crippen molar-refractivity contribution in [1.82, 2.24) is 9.62 Å². The number of aryl methyl sites for hydroxylation is 4. The van der Waals surface area contributed by atoms with E-state index in [0.29, 0.717) is 24.2 Å². The first-order valence-electron chi connectivity index (χ1n) is 10.6. The predicted octanol–water partition coefficient (Wildman–Crippen LogP) is 4.59. The molecule has 162 valence electrons. The van der Waals surface area contributed by atoms with Crippen LogP contribution in [0.1, 0.15) is 70.4 Å². The molecule has 1 aliphatic rings. The van der Waals surface area contributed by atoms with Gasteiger partial charge in [0.25, 0.3) is 5.91 Å². The largest absolute Gasteiger partial charge is 0.346 e. The van der Waals surface area contributed by atoms with Gasteiger partial charge in [-0.15, -0.1) is 0 Å². The summed E-state index contributed by atoms with van der Waals surface area (Å²) in [5.74, 6) is -0.268. The van der Waals surface area contributed by atoms with Gasteiger partial charge < -0.3 is 5.32 Å². The Morgan fingerprint density at radius 2 is 1.53 bits per heavy atom. The molecule has 1 heterocycles. The summed E-state index contributed by atoms with van der Waals surface area (Å²) in [5.41, 5.74) is 5.63. The molecule has 5 nitrogen and oxygen atoms in total. The molecule has 2 aromatic carbocycles. The molecule has 0 spiro atoms. The van der Waals surface area contributed by atoms with E-state index in [1.165, 1.54) is 17.2 Å². The Bertz CT molecular complexity index is 1050. The smallest absolute Gasteiger partial charge is 0.251 e. The van der Waals surface area contributed by atoms with Crippen LogP contribution in [0.5, 0.6) is 0 Å². The highest BCUT2D eigenvalue weighted by Crippen LogP contribution is 2.26. The van der Waals surface area contributed by atoms with Crippen molar-refractivity contribution in [3.05, 3.63) is 63.7 Å². The summed E-state index contributed by atoms with van der Waals surface area (Å²) >= 11 is 0. The Kier molecular flexibility index (Phi) is 6.68. The van der Waals surface area contributed by atoms with Crippen LogP contribution in [0.15, 0.2) is 35.2 Å². The van der Waals surface area contributed by atoms with Crippen molar-refractivity contribution in [2.24, 2.45) is 0 Å². The Hall–Kier alpha value is -2.18. The topological polar surface area (TPSA) is 66.5 Å². The van der Waals surface area contributed by atoms with Crippen molar-refractivity contribution in [3.8, 4) is 0 Å². The van der Waals surface area contributed by atoms with Crippen LogP contribution < -0.4 is 5.32 Å². The maximum absolute atomic E-state index is 13.1. The van der Waals surface area contributed by atoms with E-state index in [2.05, 4.69) is 31.3 Å². The van der Waals surface area contributed by atoms with Crippen molar-refractivity contribution in [2.45, 2.75) is 64.8 Å². The lowest BCUT2D eigenvalue weighted by atomic mass is 9.96. The number of piperidine rings is 1. The van der Waals surface area contributed by atoms with Crippen molar-refractivity contribution >= 4 is 15.9 Å². The fourth-order valence-corrected chi connectivity index (χ4v) is 5.84. The Morgan fingerprint density at radius 1 is 0.900 bits per heavy atom. The van der Waals surface area contributed by atoms with Crippen LogP contribution in [0.4, 0.5) is 0 Å². The van der Waals surface area contributed by atoms with E-state index in [4.69, 9.17) is 0 Å². The number of benzene rings is 2. The van der Waals surface area contributed by atoms with Gasteiger partial charge in [-0.25, -0.2) is 8.42 Å². The summed E-state index contributed by atoms with van der Waals surface area (Å²) in [6.45, 7) is 11.0. The number of nitrogens with one attached hydrogen (secondary N) is 1. The van der Waals surface area contributed by atoms with Crippen molar-refractivity contribution in [2.75, 3.05) is 13.1 Å². The second-order valence-electron chi connectivity index (χ2n) is 8.43. The normalized spacial score (nSPS) is 16.3. The fourth-order valence-electron chi connectivity index (χ4n) is 4.07. The van der Waals surface area contributed by atoms with Gasteiger partial charge in [0.2, 0.25) is 10.0 Å². The fraction of sp³-hybridized carbons (Fsp3) is 0.458. The maximum atomic E-state index is 13.1. The van der Waals surface area contributed by atoms with Gasteiger partial charge in [-0.1, -0.05) is 24.6 Å². The Balaban J connectivity index is 1.85. The molecule has 0 aliphatic carbocycles. The number of hydrogen-bond acceptors (Lipinski definition) is 3. The molecule has 0 radical (unpaired) electrons. The highest BCUT2D eigenvalue weighted by Gasteiger charge is 2.28. The lowest BCUT2D eigenvalue weighted by molar-refractivity contribution is 0.0939. The lowest BCUT2D eigenvalue weighted by Gasteiger charge is -2.26. The molecule has 0 bridgehead atoms. The zero-order valence-electron chi connectivity index (χ0n) is 18.6. The van der Waals surface area contributed by atoms with Crippen LogP contribution in [0.3, 0.4) is 0 Å². The SMILES string of the molecule is Cc1cc(C)c([C@H](C)NC(=O)c2ccc(C)c(S(=O)(=O)N3CCCCC3)c2)cc1C. The number of rotatable bonds is 5. The van der Waals surface area contributed by atoms with Gasteiger partial charge in [-0.3, -0.25) is 4.79 Å². The third-order valence-corrected chi connectivity index (χ3v) is 8.12. The van der Waals surface area contributed by atoms with E-state index in [-0.39, 0.29) is 16.8 Å². The molecule has 1 atom stereocenters. The summed E-state index contributed by atoms with van der Waals surface area (Å²) in [7, 11) is -3.59. The van der Waals surface area contributed by atoms with Crippen LogP contribution in [-0.2, 0) is 10.0 Å². The monoisotopic (exact) mass is 428 g/mol. The first kappa shape index (κ1) is 22.5. The zero-order chi connectivity index (χ0) is 22.1. The molecule has 30 heavy (non-hydrogen) atoms. The number of nitrogens with zero attached hydrogens (tertiary/aromatic N) is 1. The summed E-state index contributed by atoms with van der Waals surface area (Å²) < 4.78 is 27.8. The minimum atomic E-state index is -3.59. The van der Waals surface area contributed by atoms with Gasteiger partial charge in [0, 0.05) is 18.7 Å². The van der Waals surface area contributed by atoms with Gasteiger partial charge in [0.05, 0.1) is 10.9 Å². The number of amides is 1. The molecule has 1 fully saturated rings. The van der Waals surface area contributed by atoms with Crippen LogP contribution in [0.25, 0.3) is 0 Å². The van der Waals surface area contributed by atoms with E-state index in [9.17, 15) is 13.2 Å². The van der Waals surface area contributed by atoms with Crippen LogP contribution >= 0.6 is 0 Å². The van der Waals surface area contributed by atoms with Crippen LogP contribution in [0.2, 0.25) is 0 Å². The highest BCUT2D eigenvalue weighted by molar-refractivity contribution is 7.89. The predicted molar refractivity (Wildman–Crippen MR) is 120 cm³/mol. The molecule has 0 saturated carbocycles. The molecule has 2 aromatic rings. The third-order valence-electron chi connectivity index (χ3n) is 6.08. The first-order chi connectivity index (χ1) is 14.1. The van der Waals surface area contributed by atoms with Crippen molar-refractivity contribution in [3.63, 3.8) is 0 Å². The molecular weight excluding hydrogens is 396 g/mol. The average molecular weight is 429 g/mol. The first-order valence-corrected chi connectivity index (χ1v) is 12.0. The molecule has 0 aromatic heterocycles. The highest BCUT2D eigenvalue weighted by atomic mass is 32.2. The second-order valence-corrected chi connectivity index (χ2v) is 10.3. The molecule has 6 heteroatoms. The third kappa shape index (κ3) is 4.60. The standard InChI is InChI=1S/C24H32N2O3S/c1-16-9-10-21(15-23(16)30(28,29)26-11-7-6-8-12-26)24(27)25-20(5)22-14-18(3)17(2)13-19(22)4/h9-10,13-15,20H,6-8,11-12H2,1-5H3,(H,25,27)/t20-/m0/s1. The summed E-state index contributed by atoms with van der Waals surface area (Å²) in [5, 5.41) is 3.03. The van der Waals surface area contributed by atoms with E-state index < -0.39 is 10.0 Å². The second kappa shape index (κ2) is 8.90. The van der Waals surface area contributed by atoms with E-state index in [1.54, 1.807) is 23.4 Å². The molecule has 3 rings (SSSR count). The number of carbonyl (C=O) groups excluding carboxylic acids is 1. The van der Waals surface area contributed by atoms with E-state index >= 15 is 0 Å². The molecule has 1 N–H and O–H groups in total. The Morgan fingerprint density at radius 3 is 2.20 bits per heavy atom. The van der Waals surface area contributed by atoms with Gasteiger partial charge in [0.1, 0.15) is 0 Å². The lowest BCUT2D eigenvalue weighted by Crippen LogP contribution is -2.36. The number of hydrogen-bond donors (Lipinski definition) is 1. The van der Waals surface area contributed by atoms with Crippen molar-refractivity contribution < 1.29 is 13.2 Å². The van der Waals surface area contributed by atoms with E-state index in [1.807, 2.05) is 13.8 Å². The van der Waals surface area contributed by atoms with Gasteiger partial charge in [-0.2, -0.15) is 4.31 Å². The zero-order valence-corrected chi connectivity index (χ0v) is 19.4. The van der Waals surface area contributed by atoms with Gasteiger partial charge >= 0.3 is 0 Å². The summed E-state index contributed by atoms with van der Waals surface area (Å²) in [4.78, 5) is 13.2. The van der Waals surface area contributed by atoms with Gasteiger partial charge in [-0.05, 0) is 87.4 Å². The summed E-state index contributed by atoms with van der Waals surface area (Å²) in [6, 6.07) is 8.99. The summed E-state index contributed by atoms with van der Waals surface area (Å²) in [6.07, 6.45) is 2.82. The quantitative estimate of drug-likeness (QED) is 0.758. The molecular formula is C24H32N2O3S. The van der Waals surface area contributed by atoms with Gasteiger partial charge in [0.15, 0.2) is 0 Å². The van der Waals surface area contributed by atoms with E-state index in [0.717, 1.165) is 30.4 Å². The van der Waals surface area contributed by atoms with Crippen LogP contribution in [0, 0.1) is 27.7 Å². The molecule has 1 amide bonds. The van der Waals surface area contributed by atoms with Crippen LogP contribution in [-0.4, -0.2) is 31.7 Å². The molecule has 0 unspecified atom stereocenters.